The average molecular weight is 431 g/mol. The van der Waals surface area contributed by atoms with E-state index in [1.807, 2.05) is 0 Å². The summed E-state index contributed by atoms with van der Waals surface area (Å²) in [5, 5.41) is 0. The number of alkyl halides is 2. The van der Waals surface area contributed by atoms with Gasteiger partial charge in [0.15, 0.2) is 10.6 Å². The molecule has 0 spiro atoms. The molecule has 2 aliphatic heterocycles. The van der Waals surface area contributed by atoms with Gasteiger partial charge in [-0.1, -0.05) is 23.2 Å². The first-order chi connectivity index (χ1) is 11.5. The van der Waals surface area contributed by atoms with Crippen LogP contribution < -0.4 is 11.2 Å². The average Bonchev–Trinajstić information content (AvgIpc) is 2.73. The first-order valence-corrected chi connectivity index (χ1v) is 10.8. The van der Waals surface area contributed by atoms with Crippen molar-refractivity contribution in [2.24, 2.45) is 0 Å². The summed E-state index contributed by atoms with van der Waals surface area (Å²) in [7, 11) is 0. The minimum atomic E-state index is -3.03. The van der Waals surface area contributed by atoms with E-state index in [0.717, 1.165) is 4.57 Å². The van der Waals surface area contributed by atoms with Gasteiger partial charge in [-0.05, 0) is 32.6 Å². The minimum absolute atomic E-state index is 0.0729. The number of H-pyrrole nitrogens is 1. The molecule has 0 amide bonds. The maximum atomic E-state index is 12.1. The van der Waals surface area contributed by atoms with Crippen molar-refractivity contribution in [1.82, 2.24) is 9.55 Å². The van der Waals surface area contributed by atoms with Crippen LogP contribution in [-0.2, 0) is 30.1 Å². The number of hydrogen-bond donors (Lipinski definition) is 1. The molecule has 0 bridgehead atoms. The fourth-order valence-electron chi connectivity index (χ4n) is 2.64. The molecule has 1 N–H and O–H groups in total. The first kappa shape index (κ1) is 19.5. The van der Waals surface area contributed by atoms with Gasteiger partial charge >= 0.3 is 12.4 Å². The second kappa shape index (κ2) is 6.73. The Kier molecular flexibility index (Phi) is 5.25. The third-order valence-corrected chi connectivity index (χ3v) is 6.99. The number of fused-ring (bicyclic) bond motifs is 1. The molecule has 0 saturated carbocycles. The molecule has 12 heteroatoms. The van der Waals surface area contributed by atoms with Crippen molar-refractivity contribution >= 4 is 41.7 Å². The van der Waals surface area contributed by atoms with Gasteiger partial charge < -0.3 is 13.8 Å². The summed E-state index contributed by atoms with van der Waals surface area (Å²) in [6.07, 6.45) is -1.43. The number of hydrogen-bond acceptors (Lipinski definition) is 7. The van der Waals surface area contributed by atoms with Crippen LogP contribution in [0.3, 0.4) is 0 Å². The number of nitrogens with one attached hydrogen (secondary N) is 1. The van der Waals surface area contributed by atoms with E-state index in [9.17, 15) is 9.59 Å². The highest BCUT2D eigenvalue weighted by Gasteiger charge is 2.61. The number of rotatable bonds is 3. The molecule has 1 aromatic heterocycles. The standard InChI is InChI=1S/C13H17Cl2N2O6PS/c1-6(2)22-24(25)20-5-8-9(23-24)13(14,15)11(21-8)17-4-7(3)10(18)16-12(17)19/h4,6,8-9,11H,5H2,1-3H3,(H,16,18,19)/t8-,9-,11-,24?/m1/s1. The molecule has 1 aromatic rings. The number of halogens is 2. The molecule has 2 saturated heterocycles. The molecule has 3 rings (SSSR count). The highest BCUT2D eigenvalue weighted by Crippen LogP contribution is 2.61. The molecule has 2 aliphatic rings. The lowest BCUT2D eigenvalue weighted by Gasteiger charge is -2.36. The highest BCUT2D eigenvalue weighted by atomic mass is 35.5. The number of aromatic nitrogens is 2. The Morgan fingerprint density at radius 3 is 2.80 bits per heavy atom. The van der Waals surface area contributed by atoms with E-state index >= 15 is 0 Å². The molecular weight excluding hydrogens is 414 g/mol. The Hall–Kier alpha value is -0.250. The summed E-state index contributed by atoms with van der Waals surface area (Å²) < 4.78 is 22.2. The zero-order chi connectivity index (χ0) is 18.6. The molecular formula is C13H17Cl2N2O6PS. The SMILES string of the molecule is Cc1cn([C@@H]2O[C@@H]3COP(=S)(OC(C)C)O[C@H]3C2(Cl)Cl)c(=O)[nH]c1=O. The maximum Gasteiger partial charge on any atom is 0.330 e. The van der Waals surface area contributed by atoms with Gasteiger partial charge in [-0.15, -0.1) is 0 Å². The Bertz CT molecular complexity index is 841. The maximum absolute atomic E-state index is 12.1. The monoisotopic (exact) mass is 430 g/mol. The van der Waals surface area contributed by atoms with E-state index in [-0.39, 0.29) is 12.7 Å². The van der Waals surface area contributed by atoms with Crippen molar-refractivity contribution in [1.29, 1.82) is 0 Å². The normalized spacial score (nSPS) is 34.2. The second-order valence-corrected chi connectivity index (χ2v) is 10.5. The quantitative estimate of drug-likeness (QED) is 0.578. The summed E-state index contributed by atoms with van der Waals surface area (Å²) in [6, 6.07) is 0. The van der Waals surface area contributed by atoms with Crippen LogP contribution in [0.4, 0.5) is 0 Å². The molecule has 0 radical (unpaired) electrons. The van der Waals surface area contributed by atoms with Crippen LogP contribution >= 0.6 is 29.9 Å². The smallest absolute Gasteiger partial charge is 0.330 e. The molecule has 1 unspecified atom stereocenters. The van der Waals surface area contributed by atoms with Gasteiger partial charge in [0.05, 0.1) is 12.7 Å². The van der Waals surface area contributed by atoms with Crippen LogP contribution in [0.5, 0.6) is 0 Å². The minimum Gasteiger partial charge on any atom is -0.346 e. The van der Waals surface area contributed by atoms with E-state index in [4.69, 9.17) is 53.3 Å². The van der Waals surface area contributed by atoms with E-state index in [0.29, 0.717) is 5.56 Å². The number of ether oxygens (including phenoxy) is 1. The van der Waals surface area contributed by atoms with Gasteiger partial charge in [-0.2, -0.15) is 0 Å². The molecule has 3 heterocycles. The van der Waals surface area contributed by atoms with Crippen LogP contribution in [0.15, 0.2) is 15.8 Å². The van der Waals surface area contributed by atoms with Gasteiger partial charge in [0.2, 0.25) is 0 Å². The molecule has 2 fully saturated rings. The third-order valence-electron chi connectivity index (χ3n) is 3.73. The Morgan fingerprint density at radius 2 is 2.16 bits per heavy atom. The molecule has 4 atom stereocenters. The third kappa shape index (κ3) is 3.61. The van der Waals surface area contributed by atoms with Crippen LogP contribution in [0.25, 0.3) is 0 Å². The number of nitrogens with zero attached hydrogens (tertiary/aromatic N) is 1. The molecule has 0 aromatic carbocycles. The van der Waals surface area contributed by atoms with E-state index in [1.54, 1.807) is 20.8 Å². The molecule has 140 valence electrons. The van der Waals surface area contributed by atoms with Crippen molar-refractivity contribution < 1.29 is 18.3 Å². The predicted octanol–water partition coefficient (Wildman–Crippen LogP) is 1.98. The van der Waals surface area contributed by atoms with Gasteiger partial charge in [0.25, 0.3) is 5.56 Å². The number of aromatic amines is 1. The van der Waals surface area contributed by atoms with Crippen LogP contribution in [-0.4, -0.2) is 38.8 Å². The van der Waals surface area contributed by atoms with Gasteiger partial charge in [-0.3, -0.25) is 18.9 Å². The van der Waals surface area contributed by atoms with Crippen molar-refractivity contribution in [3.05, 3.63) is 32.6 Å². The summed E-state index contributed by atoms with van der Waals surface area (Å²) in [5.41, 5.74) is -0.872. The molecule has 0 aliphatic carbocycles. The van der Waals surface area contributed by atoms with Crippen molar-refractivity contribution in [3.8, 4) is 0 Å². The number of aryl methyl sites for hydroxylation is 1. The summed E-state index contributed by atoms with van der Waals surface area (Å²) in [4.78, 5) is 25.9. The fraction of sp³-hybridized carbons (Fsp3) is 0.692. The van der Waals surface area contributed by atoms with Gasteiger partial charge in [-0.25, -0.2) is 4.79 Å². The highest BCUT2D eigenvalue weighted by molar-refractivity contribution is 8.07. The largest absolute Gasteiger partial charge is 0.346 e. The predicted molar refractivity (Wildman–Crippen MR) is 95.7 cm³/mol. The molecule has 25 heavy (non-hydrogen) atoms. The van der Waals surface area contributed by atoms with E-state index in [2.05, 4.69) is 4.98 Å². The summed E-state index contributed by atoms with van der Waals surface area (Å²) in [6.45, 7) is 2.21. The van der Waals surface area contributed by atoms with Crippen molar-refractivity contribution in [2.75, 3.05) is 6.61 Å². The van der Waals surface area contributed by atoms with Crippen molar-refractivity contribution in [3.63, 3.8) is 0 Å². The fourth-order valence-corrected chi connectivity index (χ4v) is 6.02. The summed E-state index contributed by atoms with van der Waals surface area (Å²) >= 11 is 18.3. The van der Waals surface area contributed by atoms with Crippen LogP contribution in [0.1, 0.15) is 25.6 Å². The van der Waals surface area contributed by atoms with Crippen LogP contribution in [0.2, 0.25) is 0 Å². The van der Waals surface area contributed by atoms with Crippen molar-refractivity contribution in [2.45, 2.75) is 49.6 Å². The first-order valence-electron chi connectivity index (χ1n) is 7.50. The van der Waals surface area contributed by atoms with E-state index < -0.39 is 40.7 Å². The lowest BCUT2D eigenvalue weighted by molar-refractivity contribution is -0.0651. The lowest BCUT2D eigenvalue weighted by Crippen LogP contribution is -2.44. The van der Waals surface area contributed by atoms with Gasteiger partial charge in [0.1, 0.15) is 12.2 Å². The Labute approximate surface area is 158 Å². The Morgan fingerprint density at radius 1 is 1.48 bits per heavy atom. The van der Waals surface area contributed by atoms with E-state index in [1.165, 1.54) is 6.20 Å². The van der Waals surface area contributed by atoms with Crippen LogP contribution in [0, 0.1) is 6.92 Å². The molecule has 8 nitrogen and oxygen atoms in total. The van der Waals surface area contributed by atoms with Gasteiger partial charge in [0, 0.05) is 11.8 Å². The summed E-state index contributed by atoms with van der Waals surface area (Å²) in [5.74, 6) is 0. The zero-order valence-corrected chi connectivity index (χ0v) is 16.8. The Balaban J connectivity index is 1.94. The zero-order valence-electron chi connectivity index (χ0n) is 13.6. The second-order valence-electron chi connectivity index (χ2n) is 6.10. The topological polar surface area (TPSA) is 91.8 Å². The lowest BCUT2D eigenvalue weighted by atomic mass is 10.1.